The predicted octanol–water partition coefficient (Wildman–Crippen LogP) is 2.42. The van der Waals surface area contributed by atoms with Crippen molar-refractivity contribution in [3.63, 3.8) is 0 Å². The number of aromatic nitrogens is 2. The van der Waals surface area contributed by atoms with Crippen LogP contribution in [-0.4, -0.2) is 40.0 Å². The maximum atomic E-state index is 13.5. The number of rotatable bonds is 2. The highest BCUT2D eigenvalue weighted by Crippen LogP contribution is 2.24. The molecule has 5 nitrogen and oxygen atoms in total. The van der Waals surface area contributed by atoms with Crippen LogP contribution in [0.4, 0.5) is 4.39 Å². The highest BCUT2D eigenvalue weighted by Gasteiger charge is 2.31. The lowest BCUT2D eigenvalue weighted by Crippen LogP contribution is -2.49. The van der Waals surface area contributed by atoms with E-state index in [0.29, 0.717) is 19.6 Å². The van der Waals surface area contributed by atoms with Gasteiger partial charge in [-0.25, -0.2) is 9.37 Å². The Morgan fingerprint density at radius 3 is 2.87 bits per heavy atom. The molecule has 1 unspecified atom stereocenters. The van der Waals surface area contributed by atoms with Gasteiger partial charge in [0.1, 0.15) is 17.7 Å². The molecule has 1 N–H and O–H groups in total. The molecule has 0 bridgehead atoms. The fourth-order valence-corrected chi connectivity index (χ4v) is 2.94. The number of carbonyl (C=O) groups excluding carboxylic acids is 1. The lowest BCUT2D eigenvalue weighted by Gasteiger charge is -2.35. The Hall–Kier alpha value is -1.63. The van der Waals surface area contributed by atoms with Gasteiger partial charge in [-0.3, -0.25) is 4.79 Å². The van der Waals surface area contributed by atoms with Crippen LogP contribution in [0.3, 0.4) is 0 Å². The van der Waals surface area contributed by atoms with E-state index in [-0.39, 0.29) is 34.9 Å². The van der Waals surface area contributed by atoms with Gasteiger partial charge in [-0.05, 0) is 18.2 Å². The van der Waals surface area contributed by atoms with Gasteiger partial charge in [-0.1, -0.05) is 11.6 Å². The smallest absolute Gasteiger partial charge is 0.254 e. The third-order valence-corrected chi connectivity index (χ3v) is 3.99. The summed E-state index contributed by atoms with van der Waals surface area (Å²) in [6, 6.07) is 3.70. The quantitative estimate of drug-likeness (QED) is 0.896. The van der Waals surface area contributed by atoms with Crippen molar-refractivity contribution < 1.29 is 9.18 Å². The van der Waals surface area contributed by atoms with Crippen LogP contribution >= 0.6 is 24.0 Å². The van der Waals surface area contributed by atoms with E-state index in [0.717, 1.165) is 5.82 Å². The van der Waals surface area contributed by atoms with Crippen LogP contribution in [0.25, 0.3) is 0 Å². The first kappa shape index (κ1) is 17.7. The monoisotopic (exact) mass is 358 g/mol. The summed E-state index contributed by atoms with van der Waals surface area (Å²) < 4.78 is 15.4. The molecule has 2 aromatic rings. The number of aryl methyl sites for hydroxylation is 1. The van der Waals surface area contributed by atoms with E-state index in [2.05, 4.69) is 10.3 Å². The molecule has 1 aromatic heterocycles. The van der Waals surface area contributed by atoms with Crippen LogP contribution in [0.2, 0.25) is 5.02 Å². The van der Waals surface area contributed by atoms with E-state index in [9.17, 15) is 9.18 Å². The van der Waals surface area contributed by atoms with Gasteiger partial charge in [-0.15, -0.1) is 12.4 Å². The van der Waals surface area contributed by atoms with Crippen molar-refractivity contribution in [1.29, 1.82) is 0 Å². The molecular weight excluding hydrogens is 342 g/mol. The molecule has 0 spiro atoms. The van der Waals surface area contributed by atoms with Crippen LogP contribution in [0.5, 0.6) is 0 Å². The van der Waals surface area contributed by atoms with E-state index in [1.807, 2.05) is 17.8 Å². The van der Waals surface area contributed by atoms with Crippen molar-refractivity contribution in [3.8, 4) is 0 Å². The minimum Gasteiger partial charge on any atom is -0.336 e. The van der Waals surface area contributed by atoms with Crippen molar-refractivity contribution in [2.24, 2.45) is 7.05 Å². The number of imidazole rings is 1. The van der Waals surface area contributed by atoms with Gasteiger partial charge < -0.3 is 14.8 Å². The fourth-order valence-electron chi connectivity index (χ4n) is 2.72. The SMILES string of the molecule is Cl.Cn1ccnc1C1CNCCN1C(=O)c1cc(F)cc(Cl)c1. The molecule has 1 aliphatic heterocycles. The standard InChI is InChI=1S/C15H16ClFN4O.ClH/c1-20-4-3-19-14(20)13-9-18-2-5-21(13)15(22)10-6-11(16)8-12(17)7-10;/h3-4,6-8,13,18H,2,5,9H2,1H3;1H. The highest BCUT2D eigenvalue weighted by molar-refractivity contribution is 6.31. The average Bonchev–Trinajstić information content (AvgIpc) is 2.91. The van der Waals surface area contributed by atoms with Crippen molar-refractivity contribution in [3.05, 3.63) is 52.8 Å². The van der Waals surface area contributed by atoms with Crippen LogP contribution < -0.4 is 5.32 Å². The topological polar surface area (TPSA) is 50.2 Å². The summed E-state index contributed by atoms with van der Waals surface area (Å²) in [5, 5.41) is 3.48. The lowest BCUT2D eigenvalue weighted by atomic mass is 10.1. The number of hydrogen-bond acceptors (Lipinski definition) is 3. The van der Waals surface area contributed by atoms with E-state index >= 15 is 0 Å². The maximum Gasteiger partial charge on any atom is 0.254 e. The molecule has 124 valence electrons. The number of benzene rings is 1. The normalized spacial score (nSPS) is 17.7. The van der Waals surface area contributed by atoms with Crippen LogP contribution in [0.15, 0.2) is 30.6 Å². The average molecular weight is 359 g/mol. The van der Waals surface area contributed by atoms with Gasteiger partial charge in [0.05, 0.1) is 0 Å². The summed E-state index contributed by atoms with van der Waals surface area (Å²) >= 11 is 5.85. The Bertz CT molecular complexity index is 686. The van der Waals surface area contributed by atoms with Gasteiger partial charge in [0.2, 0.25) is 0 Å². The molecule has 0 saturated carbocycles. The van der Waals surface area contributed by atoms with Crippen molar-refractivity contribution in [2.45, 2.75) is 6.04 Å². The van der Waals surface area contributed by atoms with E-state index in [1.165, 1.54) is 18.2 Å². The summed E-state index contributed by atoms with van der Waals surface area (Å²) in [6.07, 6.45) is 3.54. The molecule has 8 heteroatoms. The summed E-state index contributed by atoms with van der Waals surface area (Å²) in [7, 11) is 1.89. The molecule has 1 atom stereocenters. The third kappa shape index (κ3) is 3.65. The second-order valence-corrected chi connectivity index (χ2v) is 5.71. The van der Waals surface area contributed by atoms with Crippen molar-refractivity contribution in [1.82, 2.24) is 19.8 Å². The Labute approximate surface area is 144 Å². The number of piperazine rings is 1. The summed E-state index contributed by atoms with van der Waals surface area (Å²) in [4.78, 5) is 18.8. The van der Waals surface area contributed by atoms with Crippen molar-refractivity contribution in [2.75, 3.05) is 19.6 Å². The summed E-state index contributed by atoms with van der Waals surface area (Å²) in [5.41, 5.74) is 0.256. The number of nitrogens with zero attached hydrogens (tertiary/aromatic N) is 3. The number of nitrogens with one attached hydrogen (secondary N) is 1. The molecule has 1 saturated heterocycles. The number of amides is 1. The number of hydrogen-bond donors (Lipinski definition) is 1. The van der Waals surface area contributed by atoms with Gasteiger partial charge in [0.25, 0.3) is 5.91 Å². The third-order valence-electron chi connectivity index (χ3n) is 3.77. The first-order valence-corrected chi connectivity index (χ1v) is 7.39. The predicted molar refractivity (Wildman–Crippen MR) is 88.5 cm³/mol. The molecule has 1 aromatic carbocycles. The molecule has 23 heavy (non-hydrogen) atoms. The minimum atomic E-state index is -0.514. The molecule has 0 radical (unpaired) electrons. The van der Waals surface area contributed by atoms with Crippen LogP contribution in [0.1, 0.15) is 22.2 Å². The van der Waals surface area contributed by atoms with Crippen LogP contribution in [-0.2, 0) is 7.05 Å². The van der Waals surface area contributed by atoms with E-state index < -0.39 is 5.82 Å². The largest absolute Gasteiger partial charge is 0.336 e. The summed E-state index contributed by atoms with van der Waals surface area (Å²) in [6.45, 7) is 1.83. The molecular formula is C15H17Cl2FN4O. The molecule has 1 fully saturated rings. The van der Waals surface area contributed by atoms with Gasteiger partial charge in [-0.2, -0.15) is 0 Å². The minimum absolute atomic E-state index is 0. The molecule has 2 heterocycles. The molecule has 3 rings (SSSR count). The Kier molecular flexibility index (Phi) is 5.62. The maximum absolute atomic E-state index is 13.5. The zero-order valence-electron chi connectivity index (χ0n) is 12.5. The van der Waals surface area contributed by atoms with E-state index in [4.69, 9.17) is 11.6 Å². The second-order valence-electron chi connectivity index (χ2n) is 5.27. The van der Waals surface area contributed by atoms with Gasteiger partial charge in [0.15, 0.2) is 0 Å². The zero-order chi connectivity index (χ0) is 15.7. The Morgan fingerprint density at radius 1 is 1.43 bits per heavy atom. The Balaban J connectivity index is 0.00000192. The molecule has 0 aliphatic carbocycles. The van der Waals surface area contributed by atoms with Crippen molar-refractivity contribution >= 4 is 29.9 Å². The first-order chi connectivity index (χ1) is 10.6. The molecule has 1 aliphatic rings. The first-order valence-electron chi connectivity index (χ1n) is 7.01. The zero-order valence-corrected chi connectivity index (χ0v) is 14.1. The summed E-state index contributed by atoms with van der Waals surface area (Å²) in [5.74, 6) is 0.0403. The van der Waals surface area contributed by atoms with E-state index in [1.54, 1.807) is 11.1 Å². The molecule has 1 amide bonds. The van der Waals surface area contributed by atoms with Crippen LogP contribution in [0, 0.1) is 5.82 Å². The second kappa shape index (κ2) is 7.29. The highest BCUT2D eigenvalue weighted by atomic mass is 35.5. The fraction of sp³-hybridized carbons (Fsp3) is 0.333. The van der Waals surface area contributed by atoms with Gasteiger partial charge >= 0.3 is 0 Å². The Morgan fingerprint density at radius 2 is 2.22 bits per heavy atom. The van der Waals surface area contributed by atoms with Gasteiger partial charge in [0, 0.05) is 49.7 Å². The number of halogens is 3. The lowest BCUT2D eigenvalue weighted by molar-refractivity contribution is 0.0620. The number of carbonyl (C=O) groups is 1.